The van der Waals surface area contributed by atoms with E-state index in [1.807, 2.05) is 12.1 Å². The summed E-state index contributed by atoms with van der Waals surface area (Å²) in [6.45, 7) is 2.26. The van der Waals surface area contributed by atoms with Crippen LogP contribution < -0.4 is 5.73 Å². The van der Waals surface area contributed by atoms with Crippen molar-refractivity contribution >= 4 is 21.7 Å². The summed E-state index contributed by atoms with van der Waals surface area (Å²) >= 11 is 3.45. The number of rotatable bonds is 3. The van der Waals surface area contributed by atoms with Gasteiger partial charge in [-0.15, -0.1) is 0 Å². The highest BCUT2D eigenvalue weighted by atomic mass is 79.9. The van der Waals surface area contributed by atoms with Gasteiger partial charge in [-0.2, -0.15) is 5.10 Å². The van der Waals surface area contributed by atoms with Gasteiger partial charge >= 0.3 is 0 Å². The molecule has 3 N–H and O–H groups in total. The molecule has 0 amide bonds. The maximum absolute atomic E-state index is 6.02. The molecule has 2 aromatic rings. The molecule has 0 bridgehead atoms. The highest BCUT2D eigenvalue weighted by Gasteiger charge is 2.32. The SMILES string of the molecule is CC(c1[nH]nc(N)c1-c1ccc(Br)cc1)C1CC1. The third kappa shape index (κ3) is 2.05. The number of nitrogen functional groups attached to an aromatic ring is 1. The number of aromatic nitrogens is 2. The molecule has 1 aromatic heterocycles. The molecule has 1 saturated carbocycles. The van der Waals surface area contributed by atoms with Crippen molar-refractivity contribution in [3.63, 3.8) is 0 Å². The monoisotopic (exact) mass is 305 g/mol. The van der Waals surface area contributed by atoms with Gasteiger partial charge in [-0.3, -0.25) is 5.10 Å². The molecule has 0 radical (unpaired) electrons. The number of nitrogens with zero attached hydrogens (tertiary/aromatic N) is 1. The summed E-state index contributed by atoms with van der Waals surface area (Å²) in [5, 5.41) is 7.31. The third-order valence-corrected chi connectivity index (χ3v) is 4.27. The van der Waals surface area contributed by atoms with E-state index in [9.17, 15) is 0 Å². The van der Waals surface area contributed by atoms with Crippen molar-refractivity contribution in [3.8, 4) is 11.1 Å². The molecule has 94 valence electrons. The molecule has 1 aromatic carbocycles. The van der Waals surface area contributed by atoms with E-state index >= 15 is 0 Å². The predicted molar refractivity (Wildman–Crippen MR) is 77.3 cm³/mol. The van der Waals surface area contributed by atoms with Gasteiger partial charge in [0.2, 0.25) is 0 Å². The first-order chi connectivity index (χ1) is 8.66. The highest BCUT2D eigenvalue weighted by Crippen LogP contribution is 2.45. The molecular formula is C14H16BrN3. The van der Waals surface area contributed by atoms with Crippen molar-refractivity contribution in [2.45, 2.75) is 25.7 Å². The lowest BCUT2D eigenvalue weighted by atomic mass is 9.95. The van der Waals surface area contributed by atoms with Gasteiger partial charge in [-0.25, -0.2) is 0 Å². The van der Waals surface area contributed by atoms with Crippen LogP contribution in [0.25, 0.3) is 11.1 Å². The zero-order chi connectivity index (χ0) is 12.7. The van der Waals surface area contributed by atoms with Crippen LogP contribution in [0.1, 0.15) is 31.4 Å². The van der Waals surface area contributed by atoms with Gasteiger partial charge in [0.1, 0.15) is 0 Å². The van der Waals surface area contributed by atoms with Crippen molar-refractivity contribution in [3.05, 3.63) is 34.4 Å². The van der Waals surface area contributed by atoms with Gasteiger partial charge in [0.25, 0.3) is 0 Å². The van der Waals surface area contributed by atoms with Crippen LogP contribution in [0.15, 0.2) is 28.7 Å². The van der Waals surface area contributed by atoms with Crippen LogP contribution in [0.2, 0.25) is 0 Å². The van der Waals surface area contributed by atoms with Gasteiger partial charge in [0, 0.05) is 21.6 Å². The number of hydrogen-bond donors (Lipinski definition) is 2. The molecule has 1 aliphatic rings. The molecule has 0 saturated heterocycles. The summed E-state index contributed by atoms with van der Waals surface area (Å²) in [6.07, 6.45) is 2.64. The zero-order valence-corrected chi connectivity index (χ0v) is 11.9. The number of benzene rings is 1. The number of hydrogen-bond acceptors (Lipinski definition) is 2. The van der Waals surface area contributed by atoms with Crippen molar-refractivity contribution in [1.82, 2.24) is 10.2 Å². The lowest BCUT2D eigenvalue weighted by Gasteiger charge is -2.11. The Balaban J connectivity index is 2.04. The number of H-pyrrole nitrogens is 1. The number of aromatic amines is 1. The summed E-state index contributed by atoms with van der Waals surface area (Å²) in [5.74, 6) is 1.90. The van der Waals surface area contributed by atoms with E-state index < -0.39 is 0 Å². The second-order valence-electron chi connectivity index (χ2n) is 5.03. The Morgan fingerprint density at radius 3 is 2.61 bits per heavy atom. The predicted octanol–water partition coefficient (Wildman–Crippen LogP) is 3.93. The Bertz CT molecular complexity index is 555. The fourth-order valence-electron chi connectivity index (χ4n) is 2.45. The smallest absolute Gasteiger partial charge is 0.153 e. The molecule has 1 fully saturated rings. The summed E-state index contributed by atoms with van der Waals surface area (Å²) in [7, 11) is 0. The Labute approximate surface area is 115 Å². The summed E-state index contributed by atoms with van der Waals surface area (Å²) in [4.78, 5) is 0. The Morgan fingerprint density at radius 1 is 1.33 bits per heavy atom. The highest BCUT2D eigenvalue weighted by molar-refractivity contribution is 9.10. The normalized spacial score (nSPS) is 16.8. The topological polar surface area (TPSA) is 54.7 Å². The molecule has 0 aliphatic heterocycles. The minimum Gasteiger partial charge on any atom is -0.382 e. The molecule has 4 heteroatoms. The summed E-state index contributed by atoms with van der Waals surface area (Å²) in [6, 6.07) is 8.23. The van der Waals surface area contributed by atoms with Crippen LogP contribution in [0.4, 0.5) is 5.82 Å². The van der Waals surface area contributed by atoms with Crippen LogP contribution in [0.5, 0.6) is 0 Å². The fraction of sp³-hybridized carbons (Fsp3) is 0.357. The molecule has 1 heterocycles. The standard InChI is InChI=1S/C14H16BrN3/c1-8(9-2-3-9)13-12(14(16)18-17-13)10-4-6-11(15)7-5-10/h4-9H,2-3H2,1H3,(H3,16,17,18). The maximum Gasteiger partial charge on any atom is 0.153 e. The Morgan fingerprint density at radius 2 is 2.00 bits per heavy atom. The zero-order valence-electron chi connectivity index (χ0n) is 10.3. The van der Waals surface area contributed by atoms with Crippen LogP contribution in [0.3, 0.4) is 0 Å². The number of nitrogens with two attached hydrogens (primary N) is 1. The molecule has 3 rings (SSSR count). The molecule has 1 aliphatic carbocycles. The second kappa shape index (κ2) is 4.43. The largest absolute Gasteiger partial charge is 0.382 e. The van der Waals surface area contributed by atoms with E-state index in [-0.39, 0.29) is 0 Å². The van der Waals surface area contributed by atoms with Gasteiger partial charge in [0.05, 0.1) is 0 Å². The van der Waals surface area contributed by atoms with Gasteiger partial charge in [0.15, 0.2) is 5.82 Å². The van der Waals surface area contributed by atoms with Crippen LogP contribution in [-0.4, -0.2) is 10.2 Å². The van der Waals surface area contributed by atoms with Crippen molar-refractivity contribution in [1.29, 1.82) is 0 Å². The van der Waals surface area contributed by atoms with Gasteiger partial charge in [-0.05, 0) is 36.5 Å². The maximum atomic E-state index is 6.02. The minimum absolute atomic E-state index is 0.508. The van der Waals surface area contributed by atoms with Crippen LogP contribution in [-0.2, 0) is 0 Å². The minimum atomic E-state index is 0.508. The molecule has 3 nitrogen and oxygen atoms in total. The lowest BCUT2D eigenvalue weighted by molar-refractivity contribution is 0.642. The van der Waals surface area contributed by atoms with Crippen molar-refractivity contribution in [2.24, 2.45) is 5.92 Å². The van der Waals surface area contributed by atoms with E-state index in [0.717, 1.165) is 21.5 Å². The average Bonchev–Trinajstić information content (AvgIpc) is 3.14. The molecule has 1 unspecified atom stereocenters. The van der Waals surface area contributed by atoms with E-state index in [0.29, 0.717) is 11.7 Å². The van der Waals surface area contributed by atoms with Crippen molar-refractivity contribution < 1.29 is 0 Å². The Kier molecular flexibility index (Phi) is 2.90. The summed E-state index contributed by atoms with van der Waals surface area (Å²) in [5.41, 5.74) is 9.40. The molecule has 0 spiro atoms. The fourth-order valence-corrected chi connectivity index (χ4v) is 2.72. The van der Waals surface area contributed by atoms with Crippen LogP contribution >= 0.6 is 15.9 Å². The molecule has 1 atom stereocenters. The lowest BCUT2D eigenvalue weighted by Crippen LogP contribution is -1.99. The molecule has 18 heavy (non-hydrogen) atoms. The van der Waals surface area contributed by atoms with Gasteiger partial charge in [-0.1, -0.05) is 35.0 Å². The first-order valence-electron chi connectivity index (χ1n) is 6.26. The van der Waals surface area contributed by atoms with E-state index in [1.54, 1.807) is 0 Å². The third-order valence-electron chi connectivity index (χ3n) is 3.74. The first kappa shape index (κ1) is 11.8. The number of halogens is 1. The van der Waals surface area contributed by atoms with Crippen molar-refractivity contribution in [2.75, 3.05) is 5.73 Å². The number of nitrogens with one attached hydrogen (secondary N) is 1. The average molecular weight is 306 g/mol. The van der Waals surface area contributed by atoms with E-state index in [1.165, 1.54) is 18.5 Å². The first-order valence-corrected chi connectivity index (χ1v) is 7.06. The van der Waals surface area contributed by atoms with Crippen LogP contribution in [0, 0.1) is 5.92 Å². The second-order valence-corrected chi connectivity index (χ2v) is 5.95. The Hall–Kier alpha value is -1.29. The van der Waals surface area contributed by atoms with E-state index in [2.05, 4.69) is 45.2 Å². The summed E-state index contributed by atoms with van der Waals surface area (Å²) < 4.78 is 1.07. The molecular weight excluding hydrogens is 290 g/mol. The van der Waals surface area contributed by atoms with E-state index in [4.69, 9.17) is 5.73 Å². The van der Waals surface area contributed by atoms with Gasteiger partial charge < -0.3 is 5.73 Å². The number of anilines is 1. The quantitative estimate of drug-likeness (QED) is 0.902.